The van der Waals surface area contributed by atoms with E-state index in [4.69, 9.17) is 20.0 Å². The van der Waals surface area contributed by atoms with Crippen molar-refractivity contribution in [2.75, 3.05) is 18.0 Å². The molecule has 0 aliphatic carbocycles. The predicted molar refractivity (Wildman–Crippen MR) is 131 cm³/mol. The van der Waals surface area contributed by atoms with Crippen LogP contribution in [0.5, 0.6) is 0 Å². The number of thioether (sulfide) groups is 1. The molecule has 1 fully saturated rings. The lowest BCUT2D eigenvalue weighted by atomic mass is 10.0. The smallest absolute Gasteiger partial charge is 0.368 e. The van der Waals surface area contributed by atoms with Crippen molar-refractivity contribution in [3.63, 3.8) is 0 Å². The number of hydrogen-bond acceptors (Lipinski definition) is 8. The third-order valence-corrected chi connectivity index (χ3v) is 6.98. The fraction of sp³-hybridized carbons (Fsp3) is 0.333. The summed E-state index contributed by atoms with van der Waals surface area (Å²) < 4.78 is 16.0. The maximum atomic E-state index is 12.2. The SMILES string of the molecule is CCc1c(C#N)c(S[C@H](C(N)=O)c2ccccc2)nc(N2CC[C@H](OP(=O)(O)O)C2)c1C#N.S. The molecule has 4 N–H and O–H groups in total. The molecule has 1 saturated heterocycles. The number of phosphoric acid groups is 1. The number of hydrogen-bond donors (Lipinski definition) is 3. The monoisotopic (exact) mass is 521 g/mol. The first-order valence-electron chi connectivity index (χ1n) is 10.0. The number of carbonyl (C=O) groups excluding carboxylic acids is 1. The fourth-order valence-corrected chi connectivity index (χ4v) is 5.35. The van der Waals surface area contributed by atoms with Crippen molar-refractivity contribution in [3.05, 3.63) is 52.6 Å². The molecule has 1 aromatic heterocycles. The van der Waals surface area contributed by atoms with E-state index in [1.54, 1.807) is 29.2 Å². The molecular weight excluding hydrogens is 497 g/mol. The highest BCUT2D eigenvalue weighted by Gasteiger charge is 2.33. The van der Waals surface area contributed by atoms with E-state index in [9.17, 15) is 19.9 Å². The standard InChI is InChI=1S/C21H22N5O5PS.H2S/c1-2-15-16(10-22)20(26-9-8-14(12-26)31-32(28,29)30)25-21(17(15)11-23)33-18(19(24)27)13-6-4-3-5-7-13;/h3-7,14,18H,2,8-9,12H2,1H3,(H2,24,27)(H2,28,29,30);1H2/t14-,18-;/m0./s1. The number of pyridine rings is 1. The van der Waals surface area contributed by atoms with Gasteiger partial charge in [0.15, 0.2) is 0 Å². The van der Waals surface area contributed by atoms with Gasteiger partial charge >= 0.3 is 7.82 Å². The Kier molecular flexibility index (Phi) is 9.54. The molecule has 2 heterocycles. The van der Waals surface area contributed by atoms with E-state index in [2.05, 4.69) is 17.1 Å². The number of phosphoric ester groups is 1. The number of benzene rings is 1. The maximum Gasteiger partial charge on any atom is 0.469 e. The van der Waals surface area contributed by atoms with Crippen LogP contribution in [0.2, 0.25) is 0 Å². The van der Waals surface area contributed by atoms with Gasteiger partial charge in [-0.3, -0.25) is 9.32 Å². The number of amides is 1. The molecule has 1 aliphatic rings. The summed E-state index contributed by atoms with van der Waals surface area (Å²) in [6, 6.07) is 13.1. The Morgan fingerprint density at radius 3 is 2.50 bits per heavy atom. The molecular formula is C21H24N5O5PS2. The van der Waals surface area contributed by atoms with Crippen LogP contribution in [-0.2, 0) is 20.3 Å². The lowest BCUT2D eigenvalue weighted by Gasteiger charge is -2.23. The van der Waals surface area contributed by atoms with Crippen LogP contribution in [0, 0.1) is 22.7 Å². The Morgan fingerprint density at radius 1 is 1.32 bits per heavy atom. The van der Waals surface area contributed by atoms with Gasteiger partial charge in [-0.2, -0.15) is 24.0 Å². The van der Waals surface area contributed by atoms with Crippen molar-refractivity contribution in [1.29, 1.82) is 10.5 Å². The van der Waals surface area contributed by atoms with Crippen LogP contribution in [0.3, 0.4) is 0 Å². The van der Waals surface area contributed by atoms with Gasteiger partial charge in [0.1, 0.15) is 28.2 Å². The molecule has 2 aromatic rings. The van der Waals surface area contributed by atoms with E-state index in [1.165, 1.54) is 0 Å². The van der Waals surface area contributed by atoms with Crippen molar-refractivity contribution in [3.8, 4) is 12.1 Å². The van der Waals surface area contributed by atoms with Gasteiger partial charge < -0.3 is 20.4 Å². The number of nitrogens with two attached hydrogens (primary N) is 1. The summed E-state index contributed by atoms with van der Waals surface area (Å²) in [5.41, 5.74) is 7.21. The number of anilines is 1. The van der Waals surface area contributed by atoms with Crippen LogP contribution in [0.15, 0.2) is 35.4 Å². The number of aromatic nitrogens is 1. The summed E-state index contributed by atoms with van der Waals surface area (Å²) in [4.78, 5) is 36.7. The highest BCUT2D eigenvalue weighted by Crippen LogP contribution is 2.42. The van der Waals surface area contributed by atoms with Gasteiger partial charge in [0.2, 0.25) is 5.91 Å². The number of rotatable bonds is 8. The Bertz CT molecular complexity index is 1180. The van der Waals surface area contributed by atoms with Crippen LogP contribution in [0.25, 0.3) is 0 Å². The number of carbonyl (C=O) groups is 1. The van der Waals surface area contributed by atoms with Crippen LogP contribution >= 0.6 is 33.1 Å². The first-order valence-corrected chi connectivity index (χ1v) is 12.5. The van der Waals surface area contributed by atoms with E-state index in [-0.39, 0.29) is 42.0 Å². The molecule has 0 saturated carbocycles. The molecule has 180 valence electrons. The molecule has 13 heteroatoms. The zero-order valence-electron chi connectivity index (χ0n) is 18.2. The zero-order valence-corrected chi connectivity index (χ0v) is 20.9. The van der Waals surface area contributed by atoms with E-state index < -0.39 is 25.1 Å². The summed E-state index contributed by atoms with van der Waals surface area (Å²) >= 11 is 1.03. The van der Waals surface area contributed by atoms with Crippen molar-refractivity contribution < 1.29 is 23.7 Å². The third-order valence-electron chi connectivity index (χ3n) is 5.15. The summed E-state index contributed by atoms with van der Waals surface area (Å²) in [5.74, 6) is -0.318. The summed E-state index contributed by atoms with van der Waals surface area (Å²) in [7, 11) is -4.66. The average Bonchev–Trinajstić information content (AvgIpc) is 3.23. The van der Waals surface area contributed by atoms with Crippen molar-refractivity contribution in [1.82, 2.24) is 4.98 Å². The van der Waals surface area contributed by atoms with E-state index in [0.29, 0.717) is 30.5 Å². The minimum atomic E-state index is -4.66. The van der Waals surface area contributed by atoms with Gasteiger partial charge in [0, 0.05) is 13.1 Å². The minimum Gasteiger partial charge on any atom is -0.368 e. The number of primary amides is 1. The Morgan fingerprint density at radius 2 is 1.97 bits per heavy atom. The normalized spacial score (nSPS) is 16.3. The molecule has 0 radical (unpaired) electrons. The average molecular weight is 522 g/mol. The molecule has 0 unspecified atom stereocenters. The van der Waals surface area contributed by atoms with Crippen molar-refractivity contribution in [2.45, 2.75) is 36.1 Å². The lowest BCUT2D eigenvalue weighted by Crippen LogP contribution is -2.25. The number of nitriles is 2. The molecule has 1 aromatic carbocycles. The molecule has 34 heavy (non-hydrogen) atoms. The van der Waals surface area contributed by atoms with Crippen molar-refractivity contribution >= 4 is 44.8 Å². The molecule has 1 aliphatic heterocycles. The van der Waals surface area contributed by atoms with Crippen LogP contribution in [-0.4, -0.2) is 39.9 Å². The maximum absolute atomic E-state index is 12.2. The van der Waals surface area contributed by atoms with Gasteiger partial charge in [-0.15, -0.1) is 0 Å². The zero-order chi connectivity index (χ0) is 24.2. The molecule has 3 rings (SSSR count). The second-order valence-electron chi connectivity index (χ2n) is 7.31. The Hall–Kier alpha value is -2.57. The van der Waals surface area contributed by atoms with Gasteiger partial charge in [0.25, 0.3) is 0 Å². The predicted octanol–water partition coefficient (Wildman–Crippen LogP) is 2.51. The van der Waals surface area contributed by atoms with E-state index >= 15 is 0 Å². The van der Waals surface area contributed by atoms with E-state index in [0.717, 1.165) is 11.8 Å². The van der Waals surface area contributed by atoms with E-state index in [1.807, 2.05) is 13.0 Å². The Balaban J connectivity index is 0.00000408. The Labute approximate surface area is 208 Å². The van der Waals surface area contributed by atoms with Gasteiger partial charge in [-0.1, -0.05) is 49.0 Å². The molecule has 2 atom stereocenters. The van der Waals surface area contributed by atoms with Gasteiger partial charge in [0.05, 0.1) is 17.2 Å². The van der Waals surface area contributed by atoms with Crippen LogP contribution < -0.4 is 10.6 Å². The van der Waals surface area contributed by atoms with Gasteiger partial charge in [-0.25, -0.2) is 9.55 Å². The van der Waals surface area contributed by atoms with Crippen molar-refractivity contribution in [2.24, 2.45) is 5.73 Å². The minimum absolute atomic E-state index is 0. The van der Waals surface area contributed by atoms with Crippen LogP contribution in [0.1, 0.15) is 40.8 Å². The second-order valence-corrected chi connectivity index (χ2v) is 9.60. The largest absolute Gasteiger partial charge is 0.469 e. The highest BCUT2D eigenvalue weighted by atomic mass is 32.2. The first-order chi connectivity index (χ1) is 15.7. The fourth-order valence-electron chi connectivity index (χ4n) is 3.73. The van der Waals surface area contributed by atoms with Crippen LogP contribution in [0.4, 0.5) is 5.82 Å². The molecule has 0 bridgehead atoms. The number of nitrogens with zero attached hydrogens (tertiary/aromatic N) is 4. The molecule has 10 nitrogen and oxygen atoms in total. The second kappa shape index (κ2) is 11.7. The summed E-state index contributed by atoms with van der Waals surface area (Å²) in [6.07, 6.45) is -0.0357. The lowest BCUT2D eigenvalue weighted by molar-refractivity contribution is -0.117. The third kappa shape index (κ3) is 6.30. The molecule has 1 amide bonds. The highest BCUT2D eigenvalue weighted by molar-refractivity contribution is 8.00. The molecule has 0 spiro atoms. The summed E-state index contributed by atoms with van der Waals surface area (Å²) in [6.45, 7) is 2.27. The van der Waals surface area contributed by atoms with Gasteiger partial charge in [-0.05, 0) is 24.0 Å². The summed E-state index contributed by atoms with van der Waals surface area (Å²) in [5, 5.41) is 19.1. The first kappa shape index (κ1) is 27.7. The topological polar surface area (TPSA) is 174 Å². The quantitative estimate of drug-likeness (QED) is 0.346.